The van der Waals surface area contributed by atoms with Crippen LogP contribution in [0, 0.1) is 6.92 Å². The number of nitrogens with two attached hydrogens (primary N) is 1. The average molecular weight is 228 g/mol. The molecule has 0 radical (unpaired) electrons. The summed E-state index contributed by atoms with van der Waals surface area (Å²) in [5.41, 5.74) is 7.91. The molecule has 2 aromatic rings. The molecule has 88 valence electrons. The summed E-state index contributed by atoms with van der Waals surface area (Å²) in [7, 11) is 0. The van der Waals surface area contributed by atoms with Gasteiger partial charge in [0.25, 0.3) is 0 Å². The van der Waals surface area contributed by atoms with Crippen LogP contribution in [0.1, 0.15) is 12.5 Å². The van der Waals surface area contributed by atoms with E-state index >= 15 is 0 Å². The van der Waals surface area contributed by atoms with Gasteiger partial charge >= 0.3 is 0 Å². The SMILES string of the molecule is CCN(c1ccc(N)nn1)c1ccccc1C. The molecule has 0 aliphatic rings. The topological polar surface area (TPSA) is 55.0 Å². The van der Waals surface area contributed by atoms with Gasteiger partial charge in [-0.3, -0.25) is 0 Å². The zero-order valence-electron chi connectivity index (χ0n) is 10.1. The molecule has 2 rings (SSSR count). The second-order valence-electron chi connectivity index (χ2n) is 3.85. The van der Waals surface area contributed by atoms with Gasteiger partial charge in [0.05, 0.1) is 0 Å². The van der Waals surface area contributed by atoms with Gasteiger partial charge in [0.1, 0.15) is 5.82 Å². The normalized spacial score (nSPS) is 10.2. The Balaban J connectivity index is 2.40. The van der Waals surface area contributed by atoms with E-state index in [4.69, 9.17) is 5.73 Å². The maximum Gasteiger partial charge on any atom is 0.155 e. The molecule has 0 aliphatic heterocycles. The first-order valence-corrected chi connectivity index (χ1v) is 5.64. The molecule has 0 bridgehead atoms. The molecule has 1 heterocycles. The zero-order chi connectivity index (χ0) is 12.3. The van der Waals surface area contributed by atoms with Crippen LogP contribution in [-0.4, -0.2) is 16.7 Å². The number of aromatic nitrogens is 2. The van der Waals surface area contributed by atoms with E-state index in [1.165, 1.54) is 5.56 Å². The standard InChI is InChI=1S/C13H16N4/c1-3-17(11-7-5-4-6-10(11)2)13-9-8-12(14)15-16-13/h4-9H,3H2,1-2H3,(H2,14,15). The van der Waals surface area contributed by atoms with Crippen molar-refractivity contribution in [3.8, 4) is 0 Å². The molecule has 0 spiro atoms. The Bertz CT molecular complexity index is 493. The Morgan fingerprint density at radius 3 is 2.47 bits per heavy atom. The highest BCUT2D eigenvalue weighted by Gasteiger charge is 2.10. The van der Waals surface area contributed by atoms with Crippen molar-refractivity contribution >= 4 is 17.3 Å². The first kappa shape index (κ1) is 11.4. The van der Waals surface area contributed by atoms with Crippen LogP contribution >= 0.6 is 0 Å². The number of nitrogens with zero attached hydrogens (tertiary/aromatic N) is 3. The lowest BCUT2D eigenvalue weighted by molar-refractivity contribution is 0.933. The summed E-state index contributed by atoms with van der Waals surface area (Å²) in [4.78, 5) is 2.11. The summed E-state index contributed by atoms with van der Waals surface area (Å²) >= 11 is 0. The predicted octanol–water partition coefficient (Wildman–Crippen LogP) is 2.53. The third kappa shape index (κ3) is 2.36. The van der Waals surface area contributed by atoms with Gasteiger partial charge in [-0.15, -0.1) is 10.2 Å². The third-order valence-electron chi connectivity index (χ3n) is 2.67. The molecule has 0 amide bonds. The van der Waals surface area contributed by atoms with Gasteiger partial charge in [-0.05, 0) is 37.6 Å². The van der Waals surface area contributed by atoms with E-state index < -0.39 is 0 Å². The van der Waals surface area contributed by atoms with E-state index in [0.717, 1.165) is 18.1 Å². The summed E-state index contributed by atoms with van der Waals surface area (Å²) in [6.07, 6.45) is 0. The van der Waals surface area contributed by atoms with Crippen LogP contribution in [0.2, 0.25) is 0 Å². The molecular formula is C13H16N4. The van der Waals surface area contributed by atoms with Crippen molar-refractivity contribution in [1.82, 2.24) is 10.2 Å². The minimum absolute atomic E-state index is 0.439. The average Bonchev–Trinajstić information content (AvgIpc) is 2.35. The maximum absolute atomic E-state index is 5.54. The van der Waals surface area contributed by atoms with Crippen LogP contribution in [0.25, 0.3) is 0 Å². The Labute approximate surface area is 101 Å². The summed E-state index contributed by atoms with van der Waals surface area (Å²) in [5, 5.41) is 8.01. The van der Waals surface area contributed by atoms with Crippen molar-refractivity contribution in [3.63, 3.8) is 0 Å². The molecule has 4 heteroatoms. The highest BCUT2D eigenvalue weighted by atomic mass is 15.3. The summed E-state index contributed by atoms with van der Waals surface area (Å²) in [6, 6.07) is 11.9. The minimum Gasteiger partial charge on any atom is -0.382 e. The van der Waals surface area contributed by atoms with E-state index in [9.17, 15) is 0 Å². The van der Waals surface area contributed by atoms with Crippen molar-refractivity contribution < 1.29 is 0 Å². The number of benzene rings is 1. The lowest BCUT2D eigenvalue weighted by Gasteiger charge is -2.23. The van der Waals surface area contributed by atoms with Crippen LogP contribution in [-0.2, 0) is 0 Å². The lowest BCUT2D eigenvalue weighted by Crippen LogP contribution is -2.18. The quantitative estimate of drug-likeness (QED) is 0.877. The van der Waals surface area contributed by atoms with Gasteiger partial charge in [0.15, 0.2) is 5.82 Å². The van der Waals surface area contributed by atoms with Crippen molar-refractivity contribution in [2.24, 2.45) is 0 Å². The van der Waals surface area contributed by atoms with Crippen LogP contribution in [0.5, 0.6) is 0 Å². The molecule has 0 aliphatic carbocycles. The largest absolute Gasteiger partial charge is 0.382 e. The maximum atomic E-state index is 5.54. The number of para-hydroxylation sites is 1. The third-order valence-corrected chi connectivity index (χ3v) is 2.67. The second-order valence-corrected chi connectivity index (χ2v) is 3.85. The smallest absolute Gasteiger partial charge is 0.155 e. The van der Waals surface area contributed by atoms with E-state index in [0.29, 0.717) is 5.82 Å². The zero-order valence-corrected chi connectivity index (χ0v) is 10.1. The molecule has 4 nitrogen and oxygen atoms in total. The van der Waals surface area contributed by atoms with Crippen LogP contribution in [0.3, 0.4) is 0 Å². The molecular weight excluding hydrogens is 212 g/mol. The van der Waals surface area contributed by atoms with Crippen LogP contribution < -0.4 is 10.6 Å². The number of rotatable bonds is 3. The Morgan fingerprint density at radius 2 is 1.88 bits per heavy atom. The Hall–Kier alpha value is -2.10. The molecule has 0 saturated carbocycles. The fourth-order valence-electron chi connectivity index (χ4n) is 1.80. The van der Waals surface area contributed by atoms with E-state index in [-0.39, 0.29) is 0 Å². The van der Waals surface area contributed by atoms with Gasteiger partial charge < -0.3 is 10.6 Å². The van der Waals surface area contributed by atoms with Gasteiger partial charge in [-0.2, -0.15) is 0 Å². The number of aryl methyl sites for hydroxylation is 1. The first-order valence-electron chi connectivity index (χ1n) is 5.64. The predicted molar refractivity (Wildman–Crippen MR) is 70.3 cm³/mol. The van der Waals surface area contributed by atoms with E-state index in [1.54, 1.807) is 6.07 Å². The van der Waals surface area contributed by atoms with Crippen molar-refractivity contribution in [1.29, 1.82) is 0 Å². The number of hydrogen-bond acceptors (Lipinski definition) is 4. The molecule has 17 heavy (non-hydrogen) atoms. The fraction of sp³-hybridized carbons (Fsp3) is 0.231. The van der Waals surface area contributed by atoms with Crippen molar-refractivity contribution in [2.45, 2.75) is 13.8 Å². The Morgan fingerprint density at radius 1 is 1.12 bits per heavy atom. The molecule has 0 unspecified atom stereocenters. The van der Waals surface area contributed by atoms with Gasteiger partial charge in [0.2, 0.25) is 0 Å². The van der Waals surface area contributed by atoms with E-state index in [1.807, 2.05) is 18.2 Å². The molecule has 1 aromatic carbocycles. The second kappa shape index (κ2) is 4.82. The molecule has 2 N–H and O–H groups in total. The minimum atomic E-state index is 0.439. The van der Waals surface area contributed by atoms with Gasteiger partial charge in [0, 0.05) is 12.2 Å². The molecule has 0 fully saturated rings. The van der Waals surface area contributed by atoms with Crippen LogP contribution in [0.4, 0.5) is 17.3 Å². The lowest BCUT2D eigenvalue weighted by atomic mass is 10.2. The highest BCUT2D eigenvalue weighted by Crippen LogP contribution is 2.25. The Kier molecular flexibility index (Phi) is 3.23. The molecule has 0 atom stereocenters. The molecule has 1 aromatic heterocycles. The first-order chi connectivity index (χ1) is 8.22. The molecule has 0 saturated heterocycles. The monoisotopic (exact) mass is 228 g/mol. The van der Waals surface area contributed by atoms with Gasteiger partial charge in [-0.1, -0.05) is 18.2 Å². The highest BCUT2D eigenvalue weighted by molar-refractivity contribution is 5.63. The van der Waals surface area contributed by atoms with Gasteiger partial charge in [-0.25, -0.2) is 0 Å². The van der Waals surface area contributed by atoms with E-state index in [2.05, 4.69) is 41.1 Å². The fourth-order valence-corrected chi connectivity index (χ4v) is 1.80. The summed E-state index contributed by atoms with van der Waals surface area (Å²) < 4.78 is 0. The van der Waals surface area contributed by atoms with Crippen molar-refractivity contribution in [3.05, 3.63) is 42.0 Å². The summed E-state index contributed by atoms with van der Waals surface area (Å²) in [5.74, 6) is 1.26. The number of nitrogen functional groups attached to an aromatic ring is 1. The number of hydrogen-bond donors (Lipinski definition) is 1. The number of anilines is 3. The van der Waals surface area contributed by atoms with Crippen molar-refractivity contribution in [2.75, 3.05) is 17.2 Å². The van der Waals surface area contributed by atoms with Crippen LogP contribution in [0.15, 0.2) is 36.4 Å². The summed E-state index contributed by atoms with van der Waals surface area (Å²) in [6.45, 7) is 5.01.